The van der Waals surface area contributed by atoms with Gasteiger partial charge < -0.3 is 20.8 Å². The van der Waals surface area contributed by atoms with Crippen LogP contribution in [0.2, 0.25) is 0 Å². The number of pyridine rings is 1. The van der Waals surface area contributed by atoms with Crippen LogP contribution >= 0.6 is 0 Å². The molecule has 1 atom stereocenters. The Morgan fingerprint density at radius 2 is 1.85 bits per heavy atom. The van der Waals surface area contributed by atoms with Crippen LogP contribution < -0.4 is 10.6 Å². The number of amides is 2. The van der Waals surface area contributed by atoms with Crippen LogP contribution in [0.15, 0.2) is 24.5 Å². The highest BCUT2D eigenvalue weighted by Gasteiger charge is 2.22. The minimum absolute atomic E-state index is 0.301. The number of urea groups is 1. The number of carboxylic acid groups (broad SMARTS) is 2. The highest BCUT2D eigenvalue weighted by molar-refractivity contribution is 5.86. The maximum absolute atomic E-state index is 11.4. The van der Waals surface area contributed by atoms with E-state index in [0.717, 1.165) is 5.56 Å². The molecule has 8 nitrogen and oxygen atoms in total. The number of hydrogen-bond donors (Lipinski definition) is 4. The number of nitrogens with one attached hydrogen (secondary N) is 2. The van der Waals surface area contributed by atoms with E-state index >= 15 is 0 Å². The molecule has 2 amide bonds. The molecule has 0 fully saturated rings. The number of rotatable bonds is 7. The van der Waals surface area contributed by atoms with Crippen molar-refractivity contribution in [1.29, 1.82) is 0 Å². The van der Waals surface area contributed by atoms with Gasteiger partial charge in [-0.25, -0.2) is 9.59 Å². The first-order chi connectivity index (χ1) is 9.49. The predicted molar refractivity (Wildman–Crippen MR) is 68.2 cm³/mol. The zero-order valence-electron chi connectivity index (χ0n) is 10.6. The fourth-order valence-corrected chi connectivity index (χ4v) is 1.45. The van der Waals surface area contributed by atoms with Gasteiger partial charge in [-0.3, -0.25) is 9.78 Å². The molecule has 0 saturated heterocycles. The molecule has 0 aliphatic heterocycles. The summed E-state index contributed by atoms with van der Waals surface area (Å²) in [6, 6.07) is 1.43. The van der Waals surface area contributed by atoms with Gasteiger partial charge in [0.05, 0.1) is 6.42 Å². The zero-order chi connectivity index (χ0) is 15.0. The van der Waals surface area contributed by atoms with Gasteiger partial charge in [0.25, 0.3) is 0 Å². The first-order valence-electron chi connectivity index (χ1n) is 5.87. The van der Waals surface area contributed by atoms with Crippen LogP contribution in [-0.4, -0.2) is 45.8 Å². The van der Waals surface area contributed by atoms with Crippen LogP contribution in [0.25, 0.3) is 0 Å². The molecule has 20 heavy (non-hydrogen) atoms. The quantitative estimate of drug-likeness (QED) is 0.550. The second-order valence-corrected chi connectivity index (χ2v) is 3.99. The lowest BCUT2D eigenvalue weighted by Gasteiger charge is -2.13. The van der Waals surface area contributed by atoms with Crippen LogP contribution in [0.3, 0.4) is 0 Å². The van der Waals surface area contributed by atoms with Crippen molar-refractivity contribution in [3.8, 4) is 0 Å². The average molecular weight is 281 g/mol. The third-order valence-corrected chi connectivity index (χ3v) is 2.43. The van der Waals surface area contributed by atoms with Crippen molar-refractivity contribution in [3.05, 3.63) is 30.1 Å². The molecule has 0 aliphatic rings. The van der Waals surface area contributed by atoms with E-state index < -0.39 is 30.4 Å². The lowest BCUT2D eigenvalue weighted by Crippen LogP contribution is -2.47. The van der Waals surface area contributed by atoms with Gasteiger partial charge >= 0.3 is 18.0 Å². The Bertz CT molecular complexity index is 477. The zero-order valence-corrected chi connectivity index (χ0v) is 10.6. The molecule has 1 aromatic heterocycles. The molecule has 1 heterocycles. The molecule has 1 aromatic rings. The molecule has 108 valence electrons. The van der Waals surface area contributed by atoms with Crippen LogP contribution in [0.5, 0.6) is 0 Å². The van der Waals surface area contributed by atoms with Gasteiger partial charge in [0.1, 0.15) is 6.04 Å². The number of nitrogens with zero attached hydrogens (tertiary/aromatic N) is 1. The van der Waals surface area contributed by atoms with Gasteiger partial charge in [-0.05, 0) is 24.1 Å². The molecule has 4 N–H and O–H groups in total. The van der Waals surface area contributed by atoms with E-state index in [1.807, 2.05) is 0 Å². The maximum atomic E-state index is 11.4. The summed E-state index contributed by atoms with van der Waals surface area (Å²) in [4.78, 5) is 36.5. The number of carbonyl (C=O) groups excluding carboxylic acids is 1. The fourth-order valence-electron chi connectivity index (χ4n) is 1.45. The van der Waals surface area contributed by atoms with Crippen molar-refractivity contribution in [3.63, 3.8) is 0 Å². The lowest BCUT2D eigenvalue weighted by molar-refractivity contribution is -0.145. The van der Waals surface area contributed by atoms with E-state index in [1.165, 1.54) is 0 Å². The first-order valence-corrected chi connectivity index (χ1v) is 5.87. The topological polar surface area (TPSA) is 129 Å². The third kappa shape index (κ3) is 5.80. The van der Waals surface area contributed by atoms with Crippen molar-refractivity contribution in [1.82, 2.24) is 15.6 Å². The smallest absolute Gasteiger partial charge is 0.326 e. The van der Waals surface area contributed by atoms with Crippen molar-refractivity contribution >= 4 is 18.0 Å². The van der Waals surface area contributed by atoms with E-state index in [-0.39, 0.29) is 0 Å². The summed E-state index contributed by atoms with van der Waals surface area (Å²) in [5.74, 6) is -2.69. The Morgan fingerprint density at radius 1 is 1.20 bits per heavy atom. The van der Waals surface area contributed by atoms with Gasteiger partial charge in [-0.2, -0.15) is 0 Å². The normalized spacial score (nSPS) is 11.4. The number of aliphatic carboxylic acids is 2. The molecule has 0 radical (unpaired) electrons. The van der Waals surface area contributed by atoms with Gasteiger partial charge in [-0.15, -0.1) is 0 Å². The summed E-state index contributed by atoms with van der Waals surface area (Å²) < 4.78 is 0. The molecule has 0 aromatic carbocycles. The predicted octanol–water partition coefficient (Wildman–Crippen LogP) is -0.149. The molecule has 0 spiro atoms. The second kappa shape index (κ2) is 7.72. The largest absolute Gasteiger partial charge is 0.481 e. The summed E-state index contributed by atoms with van der Waals surface area (Å²) in [5, 5.41) is 21.8. The van der Waals surface area contributed by atoms with E-state index in [2.05, 4.69) is 15.6 Å². The van der Waals surface area contributed by atoms with E-state index in [0.29, 0.717) is 13.0 Å². The average Bonchev–Trinajstić information content (AvgIpc) is 2.38. The molecule has 8 heteroatoms. The second-order valence-electron chi connectivity index (χ2n) is 3.99. The molecule has 0 aliphatic carbocycles. The van der Waals surface area contributed by atoms with Crippen LogP contribution in [0.4, 0.5) is 4.79 Å². The van der Waals surface area contributed by atoms with Crippen LogP contribution in [0, 0.1) is 0 Å². The van der Waals surface area contributed by atoms with Crippen molar-refractivity contribution in [2.45, 2.75) is 18.9 Å². The van der Waals surface area contributed by atoms with Gasteiger partial charge in [0.15, 0.2) is 0 Å². The van der Waals surface area contributed by atoms with Gasteiger partial charge in [0.2, 0.25) is 0 Å². The maximum Gasteiger partial charge on any atom is 0.326 e. The van der Waals surface area contributed by atoms with Crippen molar-refractivity contribution in [2.24, 2.45) is 0 Å². The molecular weight excluding hydrogens is 266 g/mol. The Balaban J connectivity index is 2.35. The van der Waals surface area contributed by atoms with Crippen LogP contribution in [0.1, 0.15) is 12.0 Å². The molecule has 0 unspecified atom stereocenters. The molecular formula is C12H15N3O5. The highest BCUT2D eigenvalue weighted by Crippen LogP contribution is 1.96. The number of hydrogen-bond acceptors (Lipinski definition) is 4. The Hall–Kier alpha value is -2.64. The molecule has 0 saturated carbocycles. The number of carbonyl (C=O) groups is 3. The molecule has 1 rings (SSSR count). The Labute approximate surface area is 114 Å². The van der Waals surface area contributed by atoms with Crippen molar-refractivity contribution in [2.75, 3.05) is 6.54 Å². The monoisotopic (exact) mass is 281 g/mol. The number of aromatic nitrogens is 1. The standard InChI is InChI=1S/C12H15N3O5/c16-10(17)7-9(11(18)19)15-12(20)14-6-3-8-1-4-13-5-2-8/h1-2,4-5,9H,3,6-7H2,(H,16,17)(H,18,19)(H2,14,15,20)/t9-/m1/s1. The summed E-state index contributed by atoms with van der Waals surface area (Å²) >= 11 is 0. The summed E-state index contributed by atoms with van der Waals surface area (Å²) in [7, 11) is 0. The van der Waals surface area contributed by atoms with Crippen LogP contribution in [-0.2, 0) is 16.0 Å². The highest BCUT2D eigenvalue weighted by atomic mass is 16.4. The Kier molecular flexibility index (Phi) is 5.95. The first kappa shape index (κ1) is 15.4. The fraction of sp³-hybridized carbons (Fsp3) is 0.333. The third-order valence-electron chi connectivity index (χ3n) is 2.43. The van der Waals surface area contributed by atoms with Gasteiger partial charge in [0, 0.05) is 18.9 Å². The summed E-state index contributed by atoms with van der Waals surface area (Å²) in [5.41, 5.74) is 0.973. The van der Waals surface area contributed by atoms with E-state index in [4.69, 9.17) is 10.2 Å². The summed E-state index contributed by atoms with van der Waals surface area (Å²) in [6.07, 6.45) is 3.14. The van der Waals surface area contributed by atoms with Crippen molar-refractivity contribution < 1.29 is 24.6 Å². The van der Waals surface area contributed by atoms with E-state index in [1.54, 1.807) is 24.5 Å². The minimum Gasteiger partial charge on any atom is -0.481 e. The van der Waals surface area contributed by atoms with E-state index in [9.17, 15) is 14.4 Å². The Morgan fingerprint density at radius 3 is 2.40 bits per heavy atom. The van der Waals surface area contributed by atoms with Gasteiger partial charge in [-0.1, -0.05) is 0 Å². The lowest BCUT2D eigenvalue weighted by atomic mass is 10.2. The SMILES string of the molecule is O=C(O)C[C@@H](NC(=O)NCCc1ccncc1)C(=O)O. The molecule has 0 bridgehead atoms. The minimum atomic E-state index is -1.45. The summed E-state index contributed by atoms with van der Waals surface area (Å²) in [6.45, 7) is 0.301. The number of carboxylic acids is 2.